The maximum Gasteiger partial charge on any atom is 0.252 e. The topological polar surface area (TPSA) is 9.72 Å². The number of para-hydroxylation sites is 2. The Hall–Kier alpha value is -7.56. The second kappa shape index (κ2) is 17.7. The molecule has 9 aromatic rings. The first kappa shape index (κ1) is 50.0. The average molecular weight is 1020 g/mol. The molecule has 0 radical (unpaired) electrons. The first-order valence-corrected chi connectivity index (χ1v) is 28.6. The van der Waals surface area contributed by atoms with Gasteiger partial charge < -0.3 is 14.7 Å². The highest BCUT2D eigenvalue weighted by molar-refractivity contribution is 7.00. The fourth-order valence-corrected chi connectivity index (χ4v) is 14.5. The lowest BCUT2D eigenvalue weighted by Crippen LogP contribution is -2.62. The van der Waals surface area contributed by atoms with Gasteiger partial charge in [0.2, 0.25) is 0 Å². The van der Waals surface area contributed by atoms with Crippen molar-refractivity contribution in [1.82, 2.24) is 0 Å². The van der Waals surface area contributed by atoms with Crippen LogP contribution in [-0.4, -0.2) is 6.71 Å². The van der Waals surface area contributed by atoms with E-state index in [2.05, 4.69) is 292 Å². The number of hydrogen-bond acceptors (Lipinski definition) is 3. The summed E-state index contributed by atoms with van der Waals surface area (Å²) >= 11 is 0. The van der Waals surface area contributed by atoms with Crippen LogP contribution in [-0.2, 0) is 27.1 Å². The van der Waals surface area contributed by atoms with Gasteiger partial charge in [0.25, 0.3) is 6.71 Å². The molecule has 0 fully saturated rings. The van der Waals surface area contributed by atoms with Crippen LogP contribution in [0.1, 0.15) is 129 Å². The second-order valence-electron chi connectivity index (χ2n) is 26.8. The molecule has 0 bridgehead atoms. The Kier molecular flexibility index (Phi) is 11.4. The summed E-state index contributed by atoms with van der Waals surface area (Å²) in [7, 11) is 0. The maximum atomic E-state index is 2.71. The minimum Gasteiger partial charge on any atom is -0.311 e. The van der Waals surface area contributed by atoms with Crippen molar-refractivity contribution < 1.29 is 0 Å². The van der Waals surface area contributed by atoms with Crippen LogP contribution >= 0.6 is 0 Å². The third-order valence-corrected chi connectivity index (χ3v) is 18.5. The number of benzene rings is 9. The van der Waals surface area contributed by atoms with Gasteiger partial charge in [-0.15, -0.1) is 0 Å². The quantitative estimate of drug-likeness (QED) is 0.147. The Labute approximate surface area is 465 Å². The van der Waals surface area contributed by atoms with Gasteiger partial charge in [0, 0.05) is 45.4 Å². The summed E-state index contributed by atoms with van der Waals surface area (Å²) in [4.78, 5) is 7.87. The molecule has 9 aromatic carbocycles. The van der Waals surface area contributed by atoms with Crippen LogP contribution in [0.15, 0.2) is 194 Å². The molecular formula is C74H74BN3. The lowest BCUT2D eigenvalue weighted by Gasteiger charge is -2.48. The van der Waals surface area contributed by atoms with Gasteiger partial charge >= 0.3 is 0 Å². The number of aryl methyl sites for hydroxylation is 1. The van der Waals surface area contributed by atoms with Crippen molar-refractivity contribution in [3.63, 3.8) is 0 Å². The Morgan fingerprint density at radius 3 is 1.36 bits per heavy atom. The number of anilines is 9. The second-order valence-corrected chi connectivity index (χ2v) is 26.8. The van der Waals surface area contributed by atoms with E-state index in [0.717, 1.165) is 36.3 Å². The van der Waals surface area contributed by atoms with Crippen LogP contribution in [0.5, 0.6) is 0 Å². The number of rotatable bonds is 7. The molecular weight excluding hydrogens is 942 g/mol. The van der Waals surface area contributed by atoms with E-state index in [0.29, 0.717) is 0 Å². The molecule has 13 rings (SSSR count). The summed E-state index contributed by atoms with van der Waals surface area (Å²) in [5, 5.41) is 0. The molecule has 4 aliphatic rings. The van der Waals surface area contributed by atoms with Crippen LogP contribution in [0.3, 0.4) is 0 Å². The molecule has 0 saturated heterocycles. The van der Waals surface area contributed by atoms with Crippen molar-refractivity contribution in [2.45, 2.75) is 129 Å². The fourth-order valence-electron chi connectivity index (χ4n) is 14.5. The third kappa shape index (κ3) is 7.99. The lowest BCUT2D eigenvalue weighted by atomic mass is 9.33. The van der Waals surface area contributed by atoms with Gasteiger partial charge in [0.1, 0.15) is 0 Å². The minimum atomic E-state index is -0.0622. The Bertz CT molecular complexity index is 3790. The monoisotopic (exact) mass is 1020 g/mol. The van der Waals surface area contributed by atoms with Gasteiger partial charge in [-0.3, -0.25) is 0 Å². The molecule has 388 valence electrons. The van der Waals surface area contributed by atoms with Crippen molar-refractivity contribution in [2.24, 2.45) is 0 Å². The lowest BCUT2D eigenvalue weighted by molar-refractivity contribution is 0.332. The van der Waals surface area contributed by atoms with Crippen molar-refractivity contribution in [1.29, 1.82) is 0 Å². The summed E-state index contributed by atoms with van der Waals surface area (Å²) in [5.41, 5.74) is 28.0. The smallest absolute Gasteiger partial charge is 0.252 e. The molecule has 0 amide bonds. The molecule has 2 aliphatic heterocycles. The van der Waals surface area contributed by atoms with Crippen molar-refractivity contribution in [3.05, 3.63) is 228 Å². The van der Waals surface area contributed by atoms with E-state index < -0.39 is 0 Å². The van der Waals surface area contributed by atoms with E-state index in [1.165, 1.54) is 106 Å². The first-order chi connectivity index (χ1) is 37.2. The zero-order valence-corrected chi connectivity index (χ0v) is 48.0. The molecule has 0 saturated carbocycles. The van der Waals surface area contributed by atoms with Gasteiger partial charge in [-0.05, 0) is 193 Å². The predicted molar refractivity (Wildman–Crippen MR) is 335 cm³/mol. The zero-order valence-electron chi connectivity index (χ0n) is 48.0. The molecule has 0 atom stereocenters. The normalized spacial score (nSPS) is 16.9. The van der Waals surface area contributed by atoms with E-state index in [-0.39, 0.29) is 33.8 Å². The highest BCUT2D eigenvalue weighted by atomic mass is 15.2. The van der Waals surface area contributed by atoms with Crippen LogP contribution in [0, 0.1) is 6.92 Å². The van der Waals surface area contributed by atoms with E-state index >= 15 is 0 Å². The molecule has 0 unspecified atom stereocenters. The van der Waals surface area contributed by atoms with E-state index in [4.69, 9.17) is 0 Å². The van der Waals surface area contributed by atoms with Crippen LogP contribution in [0.25, 0.3) is 22.3 Å². The number of fused-ring (bicyclic) bond motifs is 6. The molecule has 3 nitrogen and oxygen atoms in total. The number of hydrogen-bond donors (Lipinski definition) is 0. The van der Waals surface area contributed by atoms with E-state index in [9.17, 15) is 0 Å². The van der Waals surface area contributed by atoms with Crippen molar-refractivity contribution >= 4 is 74.3 Å². The van der Waals surface area contributed by atoms with E-state index in [1.807, 2.05) is 0 Å². The first-order valence-electron chi connectivity index (χ1n) is 28.6. The Morgan fingerprint density at radius 1 is 0.397 bits per heavy atom. The van der Waals surface area contributed by atoms with Crippen molar-refractivity contribution in [3.8, 4) is 22.3 Å². The molecule has 2 aliphatic carbocycles. The van der Waals surface area contributed by atoms with Gasteiger partial charge in [-0.1, -0.05) is 197 Å². The van der Waals surface area contributed by atoms with Crippen LogP contribution < -0.4 is 31.1 Å². The van der Waals surface area contributed by atoms with Gasteiger partial charge in [0.05, 0.1) is 11.4 Å². The SMILES string of the molecule is Cc1cc(-c2ccccc2)ccc1N1c2cc3c(cc2B2c4cc5c(cc4N(c4ccc(C(C)(C)C)cc4-c4ccccc4)c4cc(N(c6ccccc6)c6ccccc6)cc1c42)C(C)(C)CCC5(C)C)C(C)(C)CC3(C)C. The molecule has 78 heavy (non-hydrogen) atoms. The largest absolute Gasteiger partial charge is 0.311 e. The van der Waals surface area contributed by atoms with Gasteiger partial charge in [-0.25, -0.2) is 0 Å². The molecule has 0 N–H and O–H groups in total. The number of nitrogens with zero attached hydrogens (tertiary/aromatic N) is 3. The fraction of sp³-hybridized carbons (Fsp3) is 0.270. The molecule has 4 heteroatoms. The standard InChI is InChI=1S/C74H74BN3/c1-48-39-51(49-25-17-13-18-26-49)33-35-63(48)77-65-46-60-58(73(9,10)47-74(60,11)12)44-62(65)75-61-43-57-59(72(7,8)38-37-71(57,5)6)45-66(61)78(64-36-34-52(70(2,3)4)40-56(64)50-27-19-14-20-28-50)68-42-55(41-67(77)69(68)75)76(53-29-21-15-22-30-53)54-31-23-16-24-32-54/h13-36,39-46H,37-38,47H2,1-12H3. The van der Waals surface area contributed by atoms with Crippen LogP contribution in [0.2, 0.25) is 0 Å². The molecule has 0 aromatic heterocycles. The Morgan fingerprint density at radius 2 is 0.846 bits per heavy atom. The highest BCUT2D eigenvalue weighted by Crippen LogP contribution is 2.56. The molecule has 2 heterocycles. The summed E-state index contributed by atoms with van der Waals surface area (Å²) in [6.07, 6.45) is 3.37. The summed E-state index contributed by atoms with van der Waals surface area (Å²) in [6.45, 7) is 29.2. The van der Waals surface area contributed by atoms with Gasteiger partial charge in [0.15, 0.2) is 0 Å². The maximum absolute atomic E-state index is 2.71. The minimum absolute atomic E-state index is 0.00179. The summed E-state index contributed by atoms with van der Waals surface area (Å²) in [6, 6.07) is 74.3. The van der Waals surface area contributed by atoms with Crippen LogP contribution in [0.4, 0.5) is 51.2 Å². The average Bonchev–Trinajstić information content (AvgIpc) is 3.39. The summed E-state index contributed by atoms with van der Waals surface area (Å²) < 4.78 is 0. The van der Waals surface area contributed by atoms with Gasteiger partial charge in [-0.2, -0.15) is 0 Å². The zero-order chi connectivity index (χ0) is 54.3. The summed E-state index contributed by atoms with van der Waals surface area (Å²) in [5.74, 6) is 0. The third-order valence-electron chi connectivity index (χ3n) is 18.5. The predicted octanol–water partition coefficient (Wildman–Crippen LogP) is 18.5. The van der Waals surface area contributed by atoms with Crippen molar-refractivity contribution in [2.75, 3.05) is 14.7 Å². The molecule has 0 spiro atoms. The Balaban J connectivity index is 1.21. The van der Waals surface area contributed by atoms with E-state index in [1.54, 1.807) is 0 Å². The highest BCUT2D eigenvalue weighted by Gasteiger charge is 2.50.